The van der Waals surface area contributed by atoms with Crippen LogP contribution in [-0.2, 0) is 32.2 Å². The molecule has 1 amide bonds. The van der Waals surface area contributed by atoms with Gasteiger partial charge in [0.1, 0.15) is 19.3 Å². The molecule has 3 saturated carbocycles. The van der Waals surface area contributed by atoms with Gasteiger partial charge in [0, 0.05) is 18.9 Å². The highest BCUT2D eigenvalue weighted by Crippen LogP contribution is 2.75. The first-order valence-corrected chi connectivity index (χ1v) is 20.1. The second-order valence-corrected chi connectivity index (χ2v) is 18.4. The van der Waals surface area contributed by atoms with Gasteiger partial charge < -0.3 is 23.8 Å². The molecule has 0 unspecified atom stereocenters. The molecular formula is C45H59NO6. The second kappa shape index (κ2) is 13.2. The van der Waals surface area contributed by atoms with Crippen LogP contribution >= 0.6 is 0 Å². The van der Waals surface area contributed by atoms with Crippen molar-refractivity contribution in [3.63, 3.8) is 0 Å². The van der Waals surface area contributed by atoms with E-state index in [9.17, 15) is 9.59 Å². The molecule has 2 aromatic rings. The number of likely N-dealkylation sites (tertiary alicyclic amines) is 1. The van der Waals surface area contributed by atoms with E-state index in [0.29, 0.717) is 30.2 Å². The van der Waals surface area contributed by atoms with E-state index in [-0.39, 0.29) is 65.3 Å². The number of ether oxygens (including phenoxy) is 4. The van der Waals surface area contributed by atoms with Crippen LogP contribution in [0.2, 0.25) is 0 Å². The molecule has 2 aliphatic heterocycles. The van der Waals surface area contributed by atoms with Crippen LogP contribution in [0.25, 0.3) is 0 Å². The maximum Gasteiger partial charge on any atom is 0.508 e. The van der Waals surface area contributed by atoms with E-state index in [1.165, 1.54) is 12.0 Å². The van der Waals surface area contributed by atoms with Crippen molar-refractivity contribution in [3.8, 4) is 0 Å². The number of allylic oxidation sites excluding steroid dienone is 1. The molecular weight excluding hydrogens is 650 g/mol. The third kappa shape index (κ3) is 5.62. The number of rotatable bonds is 5. The molecule has 2 saturated heterocycles. The first kappa shape index (κ1) is 35.7. The Morgan fingerprint density at radius 2 is 1.54 bits per heavy atom. The summed E-state index contributed by atoms with van der Waals surface area (Å²) in [6.07, 6.45) is 9.78. The molecule has 6 aliphatic rings. The Balaban J connectivity index is 0.973. The molecule has 4 aliphatic carbocycles. The van der Waals surface area contributed by atoms with Gasteiger partial charge in [-0.15, -0.1) is 0 Å². The number of hydrogen-bond acceptors (Lipinski definition) is 6. The molecule has 280 valence electrons. The van der Waals surface area contributed by atoms with Crippen molar-refractivity contribution in [2.45, 2.75) is 130 Å². The molecule has 0 radical (unpaired) electrons. The Bertz CT molecular complexity index is 1670. The van der Waals surface area contributed by atoms with E-state index in [0.717, 1.165) is 56.1 Å². The highest BCUT2D eigenvalue weighted by molar-refractivity contribution is 5.68. The van der Waals surface area contributed by atoms with Gasteiger partial charge in [-0.3, -0.25) is 0 Å². The summed E-state index contributed by atoms with van der Waals surface area (Å²) in [4.78, 5) is 28.5. The van der Waals surface area contributed by atoms with Crippen molar-refractivity contribution in [3.05, 3.63) is 83.4 Å². The molecule has 0 N–H and O–H groups in total. The van der Waals surface area contributed by atoms with E-state index in [1.54, 1.807) is 0 Å². The zero-order valence-corrected chi connectivity index (χ0v) is 32.1. The number of piperidine rings is 1. The third-order valence-electron chi connectivity index (χ3n) is 15.8. The van der Waals surface area contributed by atoms with Gasteiger partial charge in [0.05, 0.1) is 17.7 Å². The average Bonchev–Trinajstić information content (AvgIpc) is 3.61. The van der Waals surface area contributed by atoms with E-state index in [4.69, 9.17) is 18.9 Å². The quantitative estimate of drug-likeness (QED) is 0.227. The predicted molar refractivity (Wildman–Crippen MR) is 200 cm³/mol. The summed E-state index contributed by atoms with van der Waals surface area (Å²) in [6, 6.07) is 19.8. The normalized spacial score (nSPS) is 40.1. The number of carbonyl (C=O) groups is 2. The van der Waals surface area contributed by atoms with Crippen LogP contribution in [0.5, 0.6) is 0 Å². The Morgan fingerprint density at radius 3 is 2.23 bits per heavy atom. The van der Waals surface area contributed by atoms with Gasteiger partial charge in [-0.2, -0.15) is 0 Å². The fourth-order valence-electron chi connectivity index (χ4n) is 12.8. The van der Waals surface area contributed by atoms with Crippen LogP contribution in [0.4, 0.5) is 9.59 Å². The number of carbonyl (C=O) groups excluding carboxylic acids is 2. The van der Waals surface area contributed by atoms with E-state index in [2.05, 4.69) is 47.6 Å². The lowest BCUT2D eigenvalue weighted by atomic mass is 9.46. The summed E-state index contributed by atoms with van der Waals surface area (Å²) in [5.74, 6) is 2.41. The minimum Gasteiger partial charge on any atom is -0.445 e. The molecule has 11 atom stereocenters. The lowest BCUT2D eigenvalue weighted by Gasteiger charge is -2.62. The first-order valence-electron chi connectivity index (χ1n) is 20.1. The fraction of sp³-hybridized carbons (Fsp3) is 0.644. The molecule has 7 nitrogen and oxygen atoms in total. The second-order valence-electron chi connectivity index (χ2n) is 18.4. The van der Waals surface area contributed by atoms with Crippen molar-refractivity contribution in [2.75, 3.05) is 6.54 Å². The standard InChI is InChI=1S/C45H59NO6/c1-29-23-38-39(46(26-29)40(47)49-27-31-13-9-7-10-14-31)30(2)45(52-38)22-20-36-35-18-17-33-24-34(51-41(48)50-28-32-15-11-8-12-16-32)19-21-43(33,5)37(35)25-44(36,6)42(45,3)4/h7-17,29-30,34-39H,18-28H2,1-6H3/t29-,30+,34-,35-,36-,37-,38+,39-,43-,44-,45+/m0/s1. The van der Waals surface area contributed by atoms with Crippen LogP contribution in [0.1, 0.15) is 104 Å². The molecule has 5 fully saturated rings. The van der Waals surface area contributed by atoms with Crippen molar-refractivity contribution in [1.29, 1.82) is 0 Å². The maximum absolute atomic E-state index is 13.8. The molecule has 2 aromatic carbocycles. The van der Waals surface area contributed by atoms with E-state index in [1.807, 2.05) is 65.6 Å². The van der Waals surface area contributed by atoms with Gasteiger partial charge in [-0.05, 0) is 96.0 Å². The van der Waals surface area contributed by atoms with Gasteiger partial charge in [-0.1, -0.05) is 114 Å². The summed E-state index contributed by atoms with van der Waals surface area (Å²) in [7, 11) is 0. The van der Waals surface area contributed by atoms with Gasteiger partial charge >= 0.3 is 12.2 Å². The zero-order valence-electron chi connectivity index (χ0n) is 32.1. The van der Waals surface area contributed by atoms with E-state index < -0.39 is 6.16 Å². The average molecular weight is 710 g/mol. The smallest absolute Gasteiger partial charge is 0.445 e. The molecule has 52 heavy (non-hydrogen) atoms. The van der Waals surface area contributed by atoms with Crippen molar-refractivity contribution in [1.82, 2.24) is 4.90 Å². The van der Waals surface area contributed by atoms with Gasteiger partial charge in [0.25, 0.3) is 0 Å². The number of hydrogen-bond donors (Lipinski definition) is 0. The number of nitrogens with zero attached hydrogens (tertiary/aromatic N) is 1. The summed E-state index contributed by atoms with van der Waals surface area (Å²) in [6.45, 7) is 16.0. The van der Waals surface area contributed by atoms with Crippen LogP contribution in [-0.4, -0.2) is 47.5 Å². The van der Waals surface area contributed by atoms with Gasteiger partial charge in [0.15, 0.2) is 0 Å². The predicted octanol–water partition coefficient (Wildman–Crippen LogP) is 10.1. The van der Waals surface area contributed by atoms with Crippen LogP contribution in [0.15, 0.2) is 72.3 Å². The Morgan fingerprint density at radius 1 is 0.865 bits per heavy atom. The van der Waals surface area contributed by atoms with Crippen LogP contribution < -0.4 is 0 Å². The SMILES string of the molecule is C[C@H]1C[C@H]2O[C@]3(CC[C@H]4[C@@H]5CC=C6C[C@@H](OC(=O)OCc7ccccc7)CC[C@]6(C)[C@H]5C[C@]4(C)C3(C)C)[C@H](C)[C@@H]2N(C(=O)OCc2ccccc2)C1. The maximum atomic E-state index is 13.8. The molecule has 8 rings (SSSR count). The van der Waals surface area contributed by atoms with Crippen molar-refractivity contribution >= 4 is 12.2 Å². The van der Waals surface area contributed by atoms with Gasteiger partial charge in [-0.25, -0.2) is 9.59 Å². The van der Waals surface area contributed by atoms with Gasteiger partial charge in [0.2, 0.25) is 0 Å². The minimum atomic E-state index is -0.568. The molecule has 2 heterocycles. The molecule has 7 heteroatoms. The summed E-state index contributed by atoms with van der Waals surface area (Å²) >= 11 is 0. The van der Waals surface area contributed by atoms with Crippen molar-refractivity contribution in [2.24, 2.45) is 45.8 Å². The Labute approximate surface area is 310 Å². The Hall–Kier alpha value is -3.32. The summed E-state index contributed by atoms with van der Waals surface area (Å²) < 4.78 is 24.8. The fourth-order valence-corrected chi connectivity index (χ4v) is 12.8. The number of amides is 1. The zero-order chi connectivity index (χ0) is 36.5. The Kier molecular flexibility index (Phi) is 9.07. The van der Waals surface area contributed by atoms with Crippen LogP contribution in [0.3, 0.4) is 0 Å². The molecule has 0 aromatic heterocycles. The van der Waals surface area contributed by atoms with Crippen molar-refractivity contribution < 1.29 is 28.5 Å². The summed E-state index contributed by atoms with van der Waals surface area (Å²) in [5.41, 5.74) is 3.23. The third-order valence-corrected chi connectivity index (χ3v) is 15.8. The monoisotopic (exact) mass is 709 g/mol. The first-order chi connectivity index (χ1) is 24.9. The summed E-state index contributed by atoms with van der Waals surface area (Å²) in [5, 5.41) is 0. The number of benzene rings is 2. The van der Waals surface area contributed by atoms with Crippen LogP contribution in [0, 0.1) is 45.8 Å². The highest BCUT2D eigenvalue weighted by atomic mass is 16.7. The topological polar surface area (TPSA) is 74.3 Å². The lowest BCUT2D eigenvalue weighted by molar-refractivity contribution is -0.218. The molecule has 0 bridgehead atoms. The highest BCUT2D eigenvalue weighted by Gasteiger charge is 2.73. The van der Waals surface area contributed by atoms with E-state index >= 15 is 0 Å². The largest absolute Gasteiger partial charge is 0.508 e. The molecule has 1 spiro atoms. The number of fused-ring (bicyclic) bond motifs is 6. The lowest BCUT2D eigenvalue weighted by Crippen LogP contribution is -2.62. The minimum absolute atomic E-state index is 0.0167.